The summed E-state index contributed by atoms with van der Waals surface area (Å²) in [5.41, 5.74) is 0.641. The number of halogens is 6. The Balaban J connectivity index is 0.000000541. The minimum Gasteiger partial charge on any atom is -0.481 e. The standard InChI is InChI=1S/C24H19F3N4O5.C2HF3O2/c25-24(26,27)18-19(12-4-2-1-3-5-12)30-35-21(18)23-29-22(31-36-23)13-6-7-15-14(10-13)11-16(20(15)34)28-9-8-17(32)33;3-2(4,5)1(6)7/h1-7,10,16,20,28,34H,8-9,11H2,(H,32,33);(H,6,7). The van der Waals surface area contributed by atoms with Crippen molar-refractivity contribution in [1.29, 1.82) is 0 Å². The molecule has 1 aliphatic rings. The van der Waals surface area contributed by atoms with Crippen molar-refractivity contribution in [1.82, 2.24) is 20.6 Å². The smallest absolute Gasteiger partial charge is 0.481 e. The lowest BCUT2D eigenvalue weighted by atomic mass is 10.0. The van der Waals surface area contributed by atoms with Crippen LogP contribution in [0.2, 0.25) is 0 Å². The van der Waals surface area contributed by atoms with E-state index in [4.69, 9.17) is 24.1 Å². The quantitative estimate of drug-likeness (QED) is 0.212. The number of nitrogens with one attached hydrogen (secondary N) is 1. The van der Waals surface area contributed by atoms with Gasteiger partial charge in [0.25, 0.3) is 5.89 Å². The molecule has 4 N–H and O–H groups in total. The second-order valence-electron chi connectivity index (χ2n) is 9.09. The largest absolute Gasteiger partial charge is 0.490 e. The van der Waals surface area contributed by atoms with E-state index in [0.29, 0.717) is 17.5 Å². The van der Waals surface area contributed by atoms with Crippen molar-refractivity contribution in [3.8, 4) is 34.3 Å². The van der Waals surface area contributed by atoms with Crippen LogP contribution < -0.4 is 5.32 Å². The molecule has 2 atom stereocenters. The number of carboxylic acid groups (broad SMARTS) is 2. The molecule has 17 heteroatoms. The number of alkyl halides is 6. The molecule has 2 aromatic heterocycles. The van der Waals surface area contributed by atoms with Crippen molar-refractivity contribution < 1.29 is 60.3 Å². The van der Waals surface area contributed by atoms with Crippen LogP contribution in [0.1, 0.15) is 29.2 Å². The summed E-state index contributed by atoms with van der Waals surface area (Å²) < 4.78 is 83.7. The van der Waals surface area contributed by atoms with Crippen LogP contribution in [0.4, 0.5) is 26.3 Å². The zero-order valence-corrected chi connectivity index (χ0v) is 21.5. The Bertz CT molecular complexity index is 1600. The van der Waals surface area contributed by atoms with Crippen LogP contribution in [0.5, 0.6) is 0 Å². The number of nitrogens with zero attached hydrogens (tertiary/aromatic N) is 3. The Hall–Kier alpha value is -4.77. The molecule has 228 valence electrons. The first kappa shape index (κ1) is 31.2. The maximum absolute atomic E-state index is 13.9. The number of aliphatic carboxylic acids is 2. The molecule has 43 heavy (non-hydrogen) atoms. The predicted octanol–water partition coefficient (Wildman–Crippen LogP) is 4.73. The molecule has 0 spiro atoms. The second-order valence-corrected chi connectivity index (χ2v) is 9.09. The van der Waals surface area contributed by atoms with Crippen molar-refractivity contribution in [2.75, 3.05) is 6.54 Å². The molecule has 0 saturated carbocycles. The van der Waals surface area contributed by atoms with E-state index in [1.807, 2.05) is 0 Å². The lowest BCUT2D eigenvalue weighted by molar-refractivity contribution is -0.192. The highest BCUT2D eigenvalue weighted by molar-refractivity contribution is 5.73. The molecule has 0 bridgehead atoms. The van der Waals surface area contributed by atoms with Gasteiger partial charge in [-0.3, -0.25) is 4.79 Å². The Morgan fingerprint density at radius 1 is 0.953 bits per heavy atom. The first-order chi connectivity index (χ1) is 20.2. The van der Waals surface area contributed by atoms with Gasteiger partial charge in [0.15, 0.2) is 0 Å². The molecule has 0 aliphatic heterocycles. The van der Waals surface area contributed by atoms with Crippen LogP contribution in [0.25, 0.3) is 34.3 Å². The van der Waals surface area contributed by atoms with Crippen molar-refractivity contribution >= 4 is 11.9 Å². The minimum absolute atomic E-state index is 0.0374. The molecule has 1 aliphatic carbocycles. The summed E-state index contributed by atoms with van der Waals surface area (Å²) in [6, 6.07) is 12.5. The number of hydrogen-bond acceptors (Lipinski definition) is 9. The van der Waals surface area contributed by atoms with Crippen LogP contribution in [0.3, 0.4) is 0 Å². The van der Waals surface area contributed by atoms with Gasteiger partial charge in [0.2, 0.25) is 11.6 Å². The fourth-order valence-corrected chi connectivity index (χ4v) is 4.25. The number of hydrogen-bond donors (Lipinski definition) is 4. The van der Waals surface area contributed by atoms with E-state index >= 15 is 0 Å². The molecule has 0 fully saturated rings. The highest BCUT2D eigenvalue weighted by Gasteiger charge is 2.43. The summed E-state index contributed by atoms with van der Waals surface area (Å²) in [4.78, 5) is 23.7. The van der Waals surface area contributed by atoms with Crippen LogP contribution in [0.15, 0.2) is 57.6 Å². The molecule has 2 aromatic carbocycles. The van der Waals surface area contributed by atoms with Crippen LogP contribution in [-0.4, -0.2) is 61.3 Å². The van der Waals surface area contributed by atoms with Gasteiger partial charge in [-0.25, -0.2) is 4.79 Å². The predicted molar refractivity (Wildman–Crippen MR) is 132 cm³/mol. The van der Waals surface area contributed by atoms with E-state index in [1.165, 1.54) is 12.1 Å². The fraction of sp³-hybridized carbons (Fsp3) is 0.269. The van der Waals surface area contributed by atoms with Gasteiger partial charge < -0.3 is 29.7 Å². The number of aliphatic hydroxyl groups is 1. The summed E-state index contributed by atoms with van der Waals surface area (Å²) in [5.74, 6) is -4.82. The highest BCUT2D eigenvalue weighted by Crippen LogP contribution is 2.43. The minimum atomic E-state index is -5.08. The topological polar surface area (TPSA) is 172 Å². The molecule has 0 saturated heterocycles. The van der Waals surface area contributed by atoms with Gasteiger partial charge in [-0.1, -0.05) is 52.8 Å². The second kappa shape index (κ2) is 12.2. The maximum Gasteiger partial charge on any atom is 0.490 e. The number of benzene rings is 2. The number of rotatable bonds is 7. The van der Waals surface area contributed by atoms with E-state index in [9.17, 15) is 36.2 Å². The number of aliphatic hydroxyl groups excluding tert-OH is 1. The van der Waals surface area contributed by atoms with E-state index in [1.54, 1.807) is 36.4 Å². The molecular formula is C26H20F6N4O7. The Morgan fingerprint density at radius 2 is 1.63 bits per heavy atom. The molecule has 0 amide bonds. The Kier molecular flexibility index (Phi) is 8.86. The maximum atomic E-state index is 13.9. The Morgan fingerprint density at radius 3 is 2.23 bits per heavy atom. The molecule has 2 heterocycles. The molecule has 0 radical (unpaired) electrons. The van der Waals surface area contributed by atoms with Crippen molar-refractivity contribution in [2.24, 2.45) is 0 Å². The van der Waals surface area contributed by atoms with E-state index in [0.717, 1.165) is 5.56 Å². The summed E-state index contributed by atoms with van der Waals surface area (Å²) in [6.45, 7) is 0.204. The normalized spacial score (nSPS) is 16.3. The van der Waals surface area contributed by atoms with Crippen molar-refractivity contribution in [3.05, 3.63) is 65.2 Å². The Labute approximate surface area is 236 Å². The zero-order chi connectivity index (χ0) is 31.5. The van der Waals surface area contributed by atoms with Gasteiger partial charge in [0.1, 0.15) is 11.3 Å². The number of carboxylic acids is 2. The molecule has 5 rings (SSSR count). The van der Waals surface area contributed by atoms with Gasteiger partial charge in [0.05, 0.1) is 12.5 Å². The molecular weight excluding hydrogens is 594 g/mol. The van der Waals surface area contributed by atoms with E-state index < -0.39 is 47.6 Å². The summed E-state index contributed by atoms with van der Waals surface area (Å²) >= 11 is 0. The fourth-order valence-electron chi connectivity index (χ4n) is 4.25. The van der Waals surface area contributed by atoms with Gasteiger partial charge in [-0.05, 0) is 23.6 Å². The molecule has 4 aromatic rings. The summed E-state index contributed by atoms with van der Waals surface area (Å²) in [5, 5.41) is 36.9. The van der Waals surface area contributed by atoms with Gasteiger partial charge in [0, 0.05) is 23.7 Å². The lowest BCUT2D eigenvalue weighted by Crippen LogP contribution is -2.34. The van der Waals surface area contributed by atoms with E-state index in [-0.39, 0.29) is 36.1 Å². The van der Waals surface area contributed by atoms with Crippen molar-refractivity contribution in [3.63, 3.8) is 0 Å². The first-order valence-electron chi connectivity index (χ1n) is 12.2. The lowest BCUT2D eigenvalue weighted by Gasteiger charge is -2.16. The average molecular weight is 614 g/mol. The molecule has 2 unspecified atom stereocenters. The van der Waals surface area contributed by atoms with Crippen LogP contribution in [-0.2, 0) is 22.2 Å². The first-order valence-corrected chi connectivity index (χ1v) is 12.2. The van der Waals surface area contributed by atoms with Crippen LogP contribution in [0, 0.1) is 0 Å². The van der Waals surface area contributed by atoms with Gasteiger partial charge in [-0.15, -0.1) is 0 Å². The third-order valence-corrected chi connectivity index (χ3v) is 6.17. The highest BCUT2D eigenvalue weighted by atomic mass is 19.4. The summed E-state index contributed by atoms with van der Waals surface area (Å²) in [6.07, 6.45) is -10.4. The van der Waals surface area contributed by atoms with E-state index in [2.05, 4.69) is 20.6 Å². The average Bonchev–Trinajstić information content (AvgIpc) is 3.66. The number of aromatic nitrogens is 3. The third kappa shape index (κ3) is 7.18. The third-order valence-electron chi connectivity index (χ3n) is 6.17. The number of fused-ring (bicyclic) bond motifs is 1. The summed E-state index contributed by atoms with van der Waals surface area (Å²) in [7, 11) is 0. The SMILES string of the molecule is O=C(O)C(F)(F)F.O=C(O)CCNC1Cc2cc(-c3noc(-c4onc(-c5ccccc5)c4C(F)(F)F)n3)ccc2C1O. The zero-order valence-electron chi connectivity index (χ0n) is 21.5. The van der Waals surface area contributed by atoms with Crippen molar-refractivity contribution in [2.45, 2.75) is 37.3 Å². The monoisotopic (exact) mass is 614 g/mol. The van der Waals surface area contributed by atoms with Gasteiger partial charge in [-0.2, -0.15) is 31.3 Å². The molecule has 11 nitrogen and oxygen atoms in total. The van der Waals surface area contributed by atoms with Crippen LogP contribution >= 0.6 is 0 Å². The van der Waals surface area contributed by atoms with Gasteiger partial charge >= 0.3 is 24.3 Å². The number of carbonyl (C=O) groups is 2.